The molecule has 0 bridgehead atoms. The summed E-state index contributed by atoms with van der Waals surface area (Å²) >= 11 is 0. The van der Waals surface area contributed by atoms with Gasteiger partial charge >= 0.3 is 12.1 Å². The summed E-state index contributed by atoms with van der Waals surface area (Å²) < 4.78 is 5.34. The summed E-state index contributed by atoms with van der Waals surface area (Å²) in [6.45, 7) is -0.174. The molecule has 0 aliphatic heterocycles. The number of rotatable bonds is 6. The molecule has 144 valence electrons. The molecule has 3 N–H and O–H groups in total. The van der Waals surface area contributed by atoms with E-state index in [2.05, 4.69) is 22.8 Å². The van der Waals surface area contributed by atoms with Crippen LogP contribution in [0, 0.1) is 0 Å². The molecule has 0 atom stereocenters. The van der Waals surface area contributed by atoms with E-state index < -0.39 is 23.5 Å². The number of nitrogens with one attached hydrogen (secondary N) is 2. The van der Waals surface area contributed by atoms with Gasteiger partial charge < -0.3 is 20.5 Å². The Morgan fingerprint density at radius 1 is 1.00 bits per heavy atom. The Bertz CT molecular complexity index is 906. The molecule has 2 aliphatic rings. The number of fused-ring (bicyclic) bond motifs is 3. The van der Waals surface area contributed by atoms with Gasteiger partial charge in [0, 0.05) is 5.92 Å². The third-order valence-electron chi connectivity index (χ3n) is 5.28. The summed E-state index contributed by atoms with van der Waals surface area (Å²) in [5.41, 5.74) is 3.31. The fourth-order valence-electron chi connectivity index (χ4n) is 3.63. The maximum absolute atomic E-state index is 12.0. The zero-order valence-corrected chi connectivity index (χ0v) is 15.1. The molecule has 7 nitrogen and oxygen atoms in total. The molecular weight excluding hydrogens is 360 g/mol. The Kier molecular flexibility index (Phi) is 4.50. The van der Waals surface area contributed by atoms with Gasteiger partial charge in [-0.05, 0) is 35.1 Å². The van der Waals surface area contributed by atoms with Crippen LogP contribution in [0.25, 0.3) is 11.1 Å². The Morgan fingerprint density at radius 2 is 1.57 bits per heavy atom. The molecule has 0 saturated heterocycles. The quantitative estimate of drug-likeness (QED) is 0.713. The average Bonchev–Trinajstić information content (AvgIpc) is 3.41. The Balaban J connectivity index is 1.33. The molecule has 0 spiro atoms. The molecular formula is C21H20N2O5. The Labute approximate surface area is 161 Å². The van der Waals surface area contributed by atoms with Crippen LogP contribution in [-0.4, -0.2) is 41.8 Å². The third kappa shape index (κ3) is 3.31. The van der Waals surface area contributed by atoms with Crippen LogP contribution >= 0.6 is 0 Å². The van der Waals surface area contributed by atoms with Gasteiger partial charge in [0.25, 0.3) is 0 Å². The van der Waals surface area contributed by atoms with Crippen molar-refractivity contribution in [2.24, 2.45) is 0 Å². The predicted octanol–water partition coefficient (Wildman–Crippen LogP) is 2.26. The van der Waals surface area contributed by atoms with E-state index in [9.17, 15) is 14.4 Å². The minimum Gasteiger partial charge on any atom is -0.480 e. The van der Waals surface area contributed by atoms with Crippen LogP contribution in [0.1, 0.15) is 29.9 Å². The third-order valence-corrected chi connectivity index (χ3v) is 5.28. The SMILES string of the molecule is O=C(CNC(=O)OCC1c2ccccc2-c2ccccc21)NC1(C(=O)O)CC1. The van der Waals surface area contributed by atoms with Gasteiger partial charge in [-0.25, -0.2) is 9.59 Å². The number of amides is 2. The molecule has 2 aromatic rings. The van der Waals surface area contributed by atoms with Gasteiger partial charge in [0.15, 0.2) is 0 Å². The number of carboxylic acids is 1. The lowest BCUT2D eigenvalue weighted by Crippen LogP contribution is -2.47. The summed E-state index contributed by atoms with van der Waals surface area (Å²) in [5.74, 6) is -1.66. The van der Waals surface area contributed by atoms with Crippen molar-refractivity contribution in [3.63, 3.8) is 0 Å². The van der Waals surface area contributed by atoms with E-state index in [-0.39, 0.29) is 19.1 Å². The lowest BCUT2D eigenvalue weighted by Gasteiger charge is -2.15. The van der Waals surface area contributed by atoms with E-state index in [4.69, 9.17) is 9.84 Å². The maximum Gasteiger partial charge on any atom is 0.407 e. The number of carboxylic acid groups (broad SMARTS) is 1. The first-order chi connectivity index (χ1) is 13.5. The van der Waals surface area contributed by atoms with Crippen molar-refractivity contribution in [1.82, 2.24) is 10.6 Å². The highest BCUT2D eigenvalue weighted by Gasteiger charge is 2.51. The number of carbonyl (C=O) groups is 3. The largest absolute Gasteiger partial charge is 0.480 e. The Morgan fingerprint density at radius 3 is 2.11 bits per heavy atom. The van der Waals surface area contributed by atoms with E-state index in [1.54, 1.807) is 0 Å². The van der Waals surface area contributed by atoms with Gasteiger partial charge in [-0.2, -0.15) is 0 Å². The van der Waals surface area contributed by atoms with Crippen LogP contribution in [0.5, 0.6) is 0 Å². The number of hydrogen-bond donors (Lipinski definition) is 3. The van der Waals surface area contributed by atoms with Gasteiger partial charge in [0.05, 0.1) is 0 Å². The van der Waals surface area contributed by atoms with Crippen molar-refractivity contribution in [1.29, 1.82) is 0 Å². The molecule has 7 heteroatoms. The predicted molar refractivity (Wildman–Crippen MR) is 101 cm³/mol. The summed E-state index contributed by atoms with van der Waals surface area (Å²) in [6, 6.07) is 16.0. The molecule has 2 aliphatic carbocycles. The molecule has 1 fully saturated rings. The second-order valence-electron chi connectivity index (χ2n) is 7.11. The van der Waals surface area contributed by atoms with Crippen molar-refractivity contribution in [3.8, 4) is 11.1 Å². The van der Waals surface area contributed by atoms with E-state index in [1.165, 1.54) is 0 Å². The number of hydrogen-bond acceptors (Lipinski definition) is 4. The number of benzene rings is 2. The van der Waals surface area contributed by atoms with E-state index in [0.29, 0.717) is 12.8 Å². The van der Waals surface area contributed by atoms with Gasteiger partial charge in [-0.15, -0.1) is 0 Å². The van der Waals surface area contributed by atoms with Crippen LogP contribution in [0.4, 0.5) is 4.79 Å². The zero-order chi connectivity index (χ0) is 19.7. The lowest BCUT2D eigenvalue weighted by molar-refractivity contribution is -0.143. The summed E-state index contributed by atoms with van der Waals surface area (Å²) in [5, 5.41) is 13.9. The average molecular weight is 380 g/mol. The highest BCUT2D eigenvalue weighted by Crippen LogP contribution is 2.44. The fraction of sp³-hybridized carbons (Fsp3) is 0.286. The normalized spacial score (nSPS) is 15.9. The fourth-order valence-corrected chi connectivity index (χ4v) is 3.63. The number of carbonyl (C=O) groups excluding carboxylic acids is 2. The number of alkyl carbamates (subject to hydrolysis) is 1. The highest BCUT2D eigenvalue weighted by molar-refractivity contribution is 5.91. The van der Waals surface area contributed by atoms with E-state index >= 15 is 0 Å². The topological polar surface area (TPSA) is 105 Å². The first-order valence-corrected chi connectivity index (χ1v) is 9.13. The van der Waals surface area contributed by atoms with Crippen LogP contribution in [0.2, 0.25) is 0 Å². The minimum absolute atomic E-state index is 0.0614. The van der Waals surface area contributed by atoms with Crippen LogP contribution in [0.15, 0.2) is 48.5 Å². The molecule has 2 amide bonds. The van der Waals surface area contributed by atoms with E-state index in [0.717, 1.165) is 22.3 Å². The zero-order valence-electron chi connectivity index (χ0n) is 15.1. The molecule has 4 rings (SSSR count). The van der Waals surface area contributed by atoms with Crippen molar-refractivity contribution >= 4 is 18.0 Å². The van der Waals surface area contributed by atoms with Crippen molar-refractivity contribution in [2.45, 2.75) is 24.3 Å². The molecule has 0 unspecified atom stereocenters. The van der Waals surface area contributed by atoms with Gasteiger partial charge in [0.2, 0.25) is 5.91 Å². The summed E-state index contributed by atoms with van der Waals surface area (Å²) in [4.78, 5) is 34.9. The monoisotopic (exact) mass is 380 g/mol. The van der Waals surface area contributed by atoms with Gasteiger partial charge in [-0.1, -0.05) is 48.5 Å². The molecule has 1 saturated carbocycles. The van der Waals surface area contributed by atoms with Crippen LogP contribution < -0.4 is 10.6 Å². The number of aliphatic carboxylic acids is 1. The first-order valence-electron chi connectivity index (χ1n) is 9.13. The summed E-state index contributed by atoms with van der Waals surface area (Å²) in [7, 11) is 0. The highest BCUT2D eigenvalue weighted by atomic mass is 16.5. The molecule has 28 heavy (non-hydrogen) atoms. The molecule has 2 aromatic carbocycles. The smallest absolute Gasteiger partial charge is 0.407 e. The maximum atomic E-state index is 12.0. The second kappa shape index (κ2) is 6.99. The summed E-state index contributed by atoms with van der Waals surface area (Å²) in [6.07, 6.45) is 0.0927. The second-order valence-corrected chi connectivity index (χ2v) is 7.11. The van der Waals surface area contributed by atoms with Crippen molar-refractivity contribution in [3.05, 3.63) is 59.7 Å². The molecule has 0 heterocycles. The first kappa shape index (κ1) is 18.0. The molecule has 0 radical (unpaired) electrons. The Hall–Kier alpha value is -3.35. The lowest BCUT2D eigenvalue weighted by atomic mass is 9.98. The minimum atomic E-state index is -1.17. The van der Waals surface area contributed by atoms with Crippen molar-refractivity contribution < 1.29 is 24.2 Å². The van der Waals surface area contributed by atoms with Crippen LogP contribution in [0.3, 0.4) is 0 Å². The van der Waals surface area contributed by atoms with Gasteiger partial charge in [0.1, 0.15) is 18.7 Å². The van der Waals surface area contributed by atoms with Gasteiger partial charge in [-0.3, -0.25) is 4.79 Å². The van der Waals surface area contributed by atoms with Crippen LogP contribution in [-0.2, 0) is 14.3 Å². The standard InChI is InChI=1S/C21H20N2O5/c24-18(23-21(9-10-21)19(25)26)11-22-20(27)28-12-17-15-7-3-1-5-13(15)14-6-2-4-8-16(14)17/h1-8,17H,9-12H2,(H,22,27)(H,23,24)(H,25,26). The molecule has 0 aromatic heterocycles. The van der Waals surface area contributed by atoms with Crippen molar-refractivity contribution in [2.75, 3.05) is 13.2 Å². The van der Waals surface area contributed by atoms with E-state index in [1.807, 2.05) is 36.4 Å². The number of ether oxygens (including phenoxy) is 1.